The van der Waals surface area contributed by atoms with E-state index in [0.29, 0.717) is 23.3 Å². The van der Waals surface area contributed by atoms with Crippen molar-refractivity contribution in [2.75, 3.05) is 5.32 Å². The molecule has 0 aliphatic heterocycles. The zero-order valence-electron chi connectivity index (χ0n) is 17.1. The van der Waals surface area contributed by atoms with E-state index in [-0.39, 0.29) is 17.2 Å². The minimum atomic E-state index is -0.374. The summed E-state index contributed by atoms with van der Waals surface area (Å²) in [6.45, 7) is 12.2. The summed E-state index contributed by atoms with van der Waals surface area (Å²) in [7, 11) is 0. The molecule has 154 valence electrons. The van der Waals surface area contributed by atoms with Crippen molar-refractivity contribution in [3.63, 3.8) is 0 Å². The average Bonchev–Trinajstić information content (AvgIpc) is 3.42. The second kappa shape index (κ2) is 9.13. The van der Waals surface area contributed by atoms with Crippen LogP contribution >= 0.6 is 11.8 Å². The van der Waals surface area contributed by atoms with Crippen molar-refractivity contribution < 1.29 is 9.21 Å². The van der Waals surface area contributed by atoms with E-state index in [9.17, 15) is 4.79 Å². The van der Waals surface area contributed by atoms with E-state index in [1.165, 1.54) is 11.8 Å². The predicted molar refractivity (Wildman–Crippen MR) is 114 cm³/mol. The third kappa shape index (κ3) is 4.45. The predicted octanol–water partition coefficient (Wildman–Crippen LogP) is 4.32. The molecular weight excluding hydrogens is 388 g/mol. The normalized spacial score (nSPS) is 13.2. The molecule has 2 atom stereocenters. The lowest BCUT2D eigenvalue weighted by molar-refractivity contribution is -0.115. The molecule has 0 saturated carbocycles. The first-order chi connectivity index (χ1) is 14.0. The number of carbonyl (C=O) groups excluding carboxylic acids is 1. The smallest absolute Gasteiger partial charge is 0.238 e. The van der Waals surface area contributed by atoms with E-state index >= 15 is 0 Å². The Kier molecular flexibility index (Phi) is 6.58. The van der Waals surface area contributed by atoms with Crippen LogP contribution in [-0.4, -0.2) is 35.7 Å². The van der Waals surface area contributed by atoms with Gasteiger partial charge in [0.15, 0.2) is 11.0 Å². The van der Waals surface area contributed by atoms with E-state index in [1.54, 1.807) is 24.6 Å². The number of nitrogens with zero attached hydrogens (tertiary/aromatic N) is 5. The van der Waals surface area contributed by atoms with Crippen LogP contribution in [0.15, 0.2) is 46.8 Å². The molecule has 3 aromatic rings. The standard InChI is InChI=1S/C20H26N6O2S/c1-6-11-25-18(16-9-12-28-14(16)4)23-24-20(25)29-15(5)19(27)22-17-8-10-21-26(17)13(3)7-2/h6,8-10,12-13,15H,1,7,11H2,2-5H3,(H,22,27)/t13-,15+/m0/s1. The number of furan rings is 1. The summed E-state index contributed by atoms with van der Waals surface area (Å²) in [5, 5.41) is 16.2. The lowest BCUT2D eigenvalue weighted by Gasteiger charge is -2.16. The fourth-order valence-electron chi connectivity index (χ4n) is 2.86. The summed E-state index contributed by atoms with van der Waals surface area (Å²) in [6.07, 6.45) is 6.03. The van der Waals surface area contributed by atoms with Gasteiger partial charge < -0.3 is 9.73 Å². The Bertz CT molecular complexity index is 989. The van der Waals surface area contributed by atoms with E-state index in [4.69, 9.17) is 4.42 Å². The zero-order valence-corrected chi connectivity index (χ0v) is 17.9. The number of nitrogens with one attached hydrogen (secondary N) is 1. The summed E-state index contributed by atoms with van der Waals surface area (Å²) in [4.78, 5) is 12.8. The number of allylic oxidation sites excluding steroid dienone is 1. The second-order valence-electron chi connectivity index (χ2n) is 6.76. The maximum absolute atomic E-state index is 12.8. The molecule has 0 unspecified atom stereocenters. The first kappa shape index (κ1) is 20.9. The highest BCUT2D eigenvalue weighted by Crippen LogP contribution is 2.29. The van der Waals surface area contributed by atoms with Crippen LogP contribution in [0, 0.1) is 6.92 Å². The Morgan fingerprint density at radius 2 is 2.17 bits per heavy atom. The molecule has 0 saturated heterocycles. The topological polar surface area (TPSA) is 90.8 Å². The number of thioether (sulfide) groups is 1. The molecule has 3 heterocycles. The number of rotatable bonds is 9. The van der Waals surface area contributed by atoms with Crippen molar-refractivity contribution in [3.05, 3.63) is 43.0 Å². The molecule has 3 rings (SSSR count). The van der Waals surface area contributed by atoms with Crippen LogP contribution in [0.5, 0.6) is 0 Å². The third-order valence-corrected chi connectivity index (χ3v) is 5.79. The second-order valence-corrected chi connectivity index (χ2v) is 8.07. The van der Waals surface area contributed by atoms with Crippen molar-refractivity contribution in [2.24, 2.45) is 0 Å². The average molecular weight is 415 g/mol. The fourth-order valence-corrected chi connectivity index (χ4v) is 3.72. The van der Waals surface area contributed by atoms with Crippen LogP contribution in [0.1, 0.15) is 39.0 Å². The SMILES string of the molecule is C=CCn1c(S[C@H](C)C(=O)Nc2ccnn2[C@@H](C)CC)nnc1-c1ccoc1C. The Hall–Kier alpha value is -2.81. The Labute approximate surface area is 174 Å². The Balaban J connectivity index is 1.77. The summed E-state index contributed by atoms with van der Waals surface area (Å²) in [5.41, 5.74) is 0.876. The molecule has 0 aliphatic rings. The van der Waals surface area contributed by atoms with Crippen LogP contribution in [0.4, 0.5) is 5.82 Å². The molecule has 0 fully saturated rings. The zero-order chi connectivity index (χ0) is 21.0. The molecular formula is C20H26N6O2S. The monoisotopic (exact) mass is 414 g/mol. The van der Waals surface area contributed by atoms with Crippen LogP contribution in [0.2, 0.25) is 0 Å². The lowest BCUT2D eigenvalue weighted by Crippen LogP contribution is -2.25. The summed E-state index contributed by atoms with van der Waals surface area (Å²) in [5.74, 6) is 2.04. The molecule has 9 heteroatoms. The highest BCUT2D eigenvalue weighted by atomic mass is 32.2. The minimum absolute atomic E-state index is 0.116. The van der Waals surface area contributed by atoms with Gasteiger partial charge in [-0.2, -0.15) is 5.10 Å². The molecule has 29 heavy (non-hydrogen) atoms. The number of carbonyl (C=O) groups is 1. The molecule has 0 bridgehead atoms. The molecule has 0 radical (unpaired) electrons. The van der Waals surface area contributed by atoms with Gasteiger partial charge in [-0.25, -0.2) is 4.68 Å². The van der Waals surface area contributed by atoms with Gasteiger partial charge in [0.05, 0.1) is 29.3 Å². The van der Waals surface area contributed by atoms with Crippen molar-refractivity contribution >= 4 is 23.5 Å². The fraction of sp³-hybridized carbons (Fsp3) is 0.400. The van der Waals surface area contributed by atoms with E-state index in [1.807, 2.05) is 29.2 Å². The van der Waals surface area contributed by atoms with Crippen LogP contribution in [-0.2, 0) is 11.3 Å². The number of aryl methyl sites for hydroxylation is 1. The van der Waals surface area contributed by atoms with Crippen molar-refractivity contribution in [3.8, 4) is 11.4 Å². The van der Waals surface area contributed by atoms with E-state index in [0.717, 1.165) is 17.7 Å². The first-order valence-electron chi connectivity index (χ1n) is 9.55. The number of hydrogen-bond acceptors (Lipinski definition) is 6. The Morgan fingerprint density at radius 1 is 1.38 bits per heavy atom. The van der Waals surface area contributed by atoms with Crippen LogP contribution < -0.4 is 5.32 Å². The number of anilines is 1. The van der Waals surface area contributed by atoms with Crippen molar-refractivity contribution in [1.82, 2.24) is 24.5 Å². The van der Waals surface area contributed by atoms with Crippen LogP contribution in [0.25, 0.3) is 11.4 Å². The van der Waals surface area contributed by atoms with Gasteiger partial charge in [0.2, 0.25) is 5.91 Å². The third-order valence-electron chi connectivity index (χ3n) is 4.71. The lowest BCUT2D eigenvalue weighted by atomic mass is 10.2. The molecule has 1 N–H and O–H groups in total. The van der Waals surface area contributed by atoms with E-state index < -0.39 is 0 Å². The van der Waals surface area contributed by atoms with Gasteiger partial charge in [-0.1, -0.05) is 24.8 Å². The summed E-state index contributed by atoms with van der Waals surface area (Å²) in [6, 6.07) is 3.88. The quantitative estimate of drug-likeness (QED) is 0.414. The van der Waals surface area contributed by atoms with Gasteiger partial charge in [0.25, 0.3) is 0 Å². The molecule has 0 spiro atoms. The number of hydrogen-bond donors (Lipinski definition) is 1. The van der Waals surface area contributed by atoms with Crippen molar-refractivity contribution in [2.45, 2.75) is 57.1 Å². The summed E-state index contributed by atoms with van der Waals surface area (Å²) < 4.78 is 9.15. The number of aromatic nitrogens is 5. The van der Waals surface area contributed by atoms with Crippen molar-refractivity contribution in [1.29, 1.82) is 0 Å². The Morgan fingerprint density at radius 3 is 2.83 bits per heavy atom. The molecule has 0 aliphatic carbocycles. The number of amides is 1. The van der Waals surface area contributed by atoms with Gasteiger partial charge in [-0.15, -0.1) is 16.8 Å². The van der Waals surface area contributed by atoms with Gasteiger partial charge in [-0.05, 0) is 33.3 Å². The van der Waals surface area contributed by atoms with Gasteiger partial charge >= 0.3 is 0 Å². The van der Waals surface area contributed by atoms with E-state index in [2.05, 4.69) is 41.0 Å². The summed E-state index contributed by atoms with van der Waals surface area (Å²) >= 11 is 1.35. The van der Waals surface area contributed by atoms with Gasteiger partial charge in [0.1, 0.15) is 11.6 Å². The van der Waals surface area contributed by atoms with Gasteiger partial charge in [-0.3, -0.25) is 9.36 Å². The highest BCUT2D eigenvalue weighted by Gasteiger charge is 2.23. The largest absolute Gasteiger partial charge is 0.469 e. The maximum Gasteiger partial charge on any atom is 0.238 e. The molecule has 3 aromatic heterocycles. The molecule has 0 aromatic carbocycles. The van der Waals surface area contributed by atoms with Gasteiger partial charge in [0, 0.05) is 12.6 Å². The maximum atomic E-state index is 12.8. The van der Waals surface area contributed by atoms with Crippen LogP contribution in [0.3, 0.4) is 0 Å². The molecule has 8 nitrogen and oxygen atoms in total. The minimum Gasteiger partial charge on any atom is -0.469 e. The highest BCUT2D eigenvalue weighted by molar-refractivity contribution is 8.00. The molecule has 1 amide bonds. The first-order valence-corrected chi connectivity index (χ1v) is 10.4.